The molecule has 1 amide bonds. The van der Waals surface area contributed by atoms with Gasteiger partial charge < -0.3 is 0 Å². The fraction of sp³-hybridized carbons (Fsp3) is 0.231. The van der Waals surface area contributed by atoms with Crippen LogP contribution in [0.3, 0.4) is 0 Å². The highest BCUT2D eigenvalue weighted by Gasteiger charge is 2.23. The Bertz CT molecular complexity index is 1360. The van der Waals surface area contributed by atoms with Gasteiger partial charge >= 0.3 is 0 Å². The highest BCUT2D eigenvalue weighted by molar-refractivity contribution is 7.90. The summed E-state index contributed by atoms with van der Waals surface area (Å²) in [6.07, 6.45) is -0.0874. The van der Waals surface area contributed by atoms with Crippen molar-refractivity contribution in [2.24, 2.45) is 0 Å². The van der Waals surface area contributed by atoms with Gasteiger partial charge in [0, 0.05) is 6.42 Å². The zero-order valence-corrected chi connectivity index (χ0v) is 20.3. The number of benzene rings is 3. The third-order valence-electron chi connectivity index (χ3n) is 5.65. The van der Waals surface area contributed by atoms with Crippen molar-refractivity contribution >= 4 is 42.4 Å². The molecule has 0 aliphatic heterocycles. The topological polar surface area (TPSA) is 67.3 Å². The van der Waals surface area contributed by atoms with E-state index in [2.05, 4.69) is 6.07 Å². The molecule has 7 heteroatoms. The Hall–Kier alpha value is -3.03. The molecule has 4 rings (SSSR count). The first-order valence-corrected chi connectivity index (χ1v) is 13.4. The van der Waals surface area contributed by atoms with Gasteiger partial charge in [-0.1, -0.05) is 78.1 Å². The molecule has 4 aromatic rings. The van der Waals surface area contributed by atoms with Crippen molar-refractivity contribution in [3.05, 3.63) is 95.1 Å². The number of sulfone groups is 1. The summed E-state index contributed by atoms with van der Waals surface area (Å²) in [6, 6.07) is 22.8. The number of rotatable bonds is 8. The zero-order valence-electron chi connectivity index (χ0n) is 18.7. The summed E-state index contributed by atoms with van der Waals surface area (Å²) in [5.41, 5.74) is 4.81. The lowest BCUT2D eigenvalue weighted by molar-refractivity contribution is -0.118. The molecule has 0 aliphatic rings. The molecule has 0 N–H and O–H groups in total. The number of thiazole rings is 1. The average molecular weight is 479 g/mol. The third kappa shape index (κ3) is 5.67. The van der Waals surface area contributed by atoms with Crippen LogP contribution in [-0.4, -0.2) is 25.1 Å². The maximum Gasteiger partial charge on any atom is 0.230 e. The first kappa shape index (κ1) is 23.1. The Balaban J connectivity index is 1.58. The molecular weight excluding hydrogens is 452 g/mol. The van der Waals surface area contributed by atoms with Gasteiger partial charge in [0.25, 0.3) is 0 Å². The fourth-order valence-electron chi connectivity index (χ4n) is 3.64. The molecule has 0 aliphatic carbocycles. The number of aromatic nitrogens is 1. The lowest BCUT2D eigenvalue weighted by Gasteiger charge is -2.20. The monoisotopic (exact) mass is 478 g/mol. The van der Waals surface area contributed by atoms with Crippen LogP contribution in [-0.2, 0) is 26.9 Å². The van der Waals surface area contributed by atoms with Crippen molar-refractivity contribution < 1.29 is 13.2 Å². The molecular formula is C26H26N2O3S2. The van der Waals surface area contributed by atoms with Crippen molar-refractivity contribution in [2.45, 2.75) is 32.6 Å². The maximum absolute atomic E-state index is 13.3. The lowest BCUT2D eigenvalue weighted by atomic mass is 10.1. The SMILES string of the molecule is Cc1ccc2sc(N(Cc3ccccc3)C(=O)CCS(=O)(=O)Cc3ccccc3)nc2c1C. The molecule has 0 radical (unpaired) electrons. The second-order valence-electron chi connectivity index (χ2n) is 8.14. The van der Waals surface area contributed by atoms with Crippen molar-refractivity contribution in [3.63, 3.8) is 0 Å². The zero-order chi connectivity index (χ0) is 23.4. The Morgan fingerprint density at radius 1 is 0.909 bits per heavy atom. The van der Waals surface area contributed by atoms with E-state index < -0.39 is 9.84 Å². The number of aryl methyl sites for hydroxylation is 2. The minimum atomic E-state index is -3.42. The number of hydrogen-bond donors (Lipinski definition) is 0. The van der Waals surface area contributed by atoms with Gasteiger partial charge in [0.1, 0.15) is 0 Å². The van der Waals surface area contributed by atoms with Gasteiger partial charge in [-0.05, 0) is 42.2 Å². The molecule has 5 nitrogen and oxygen atoms in total. The van der Waals surface area contributed by atoms with Crippen molar-refractivity contribution in [1.82, 2.24) is 4.98 Å². The molecule has 33 heavy (non-hydrogen) atoms. The number of carbonyl (C=O) groups is 1. The van der Waals surface area contributed by atoms with Crippen molar-refractivity contribution in [1.29, 1.82) is 0 Å². The van der Waals surface area contributed by atoms with Gasteiger partial charge in [-0.3, -0.25) is 9.69 Å². The Kier molecular flexibility index (Phi) is 6.91. The molecule has 1 heterocycles. The fourth-order valence-corrected chi connectivity index (χ4v) is 6.01. The molecule has 0 spiro atoms. The lowest BCUT2D eigenvalue weighted by Crippen LogP contribution is -2.31. The van der Waals surface area contributed by atoms with E-state index in [1.807, 2.05) is 68.4 Å². The molecule has 0 saturated carbocycles. The maximum atomic E-state index is 13.3. The van der Waals surface area contributed by atoms with Crippen LogP contribution < -0.4 is 4.90 Å². The minimum absolute atomic E-state index is 0.0700. The molecule has 1 aromatic heterocycles. The van der Waals surface area contributed by atoms with Gasteiger partial charge in [-0.25, -0.2) is 13.4 Å². The van der Waals surface area contributed by atoms with Crippen LogP contribution in [0, 0.1) is 13.8 Å². The van der Waals surface area contributed by atoms with E-state index in [0.29, 0.717) is 11.7 Å². The van der Waals surface area contributed by atoms with Gasteiger partial charge in [-0.2, -0.15) is 0 Å². The highest BCUT2D eigenvalue weighted by Crippen LogP contribution is 2.33. The smallest absolute Gasteiger partial charge is 0.230 e. The van der Waals surface area contributed by atoms with E-state index in [1.165, 1.54) is 11.3 Å². The number of carbonyl (C=O) groups excluding carboxylic acids is 1. The molecule has 0 fully saturated rings. The summed E-state index contributed by atoms with van der Waals surface area (Å²) in [4.78, 5) is 19.7. The molecule has 0 bridgehead atoms. The van der Waals surface area contributed by atoms with Crippen molar-refractivity contribution in [2.75, 3.05) is 10.7 Å². The molecule has 0 atom stereocenters. The van der Waals surface area contributed by atoms with E-state index in [0.717, 1.165) is 32.5 Å². The normalized spacial score (nSPS) is 11.6. The molecule has 0 saturated heterocycles. The van der Waals surface area contributed by atoms with E-state index in [1.54, 1.807) is 17.0 Å². The van der Waals surface area contributed by atoms with Crippen molar-refractivity contribution in [3.8, 4) is 0 Å². The first-order valence-electron chi connectivity index (χ1n) is 10.8. The third-order valence-corrected chi connectivity index (χ3v) is 8.29. The van der Waals surface area contributed by atoms with Crippen LogP contribution in [0.1, 0.15) is 28.7 Å². The summed E-state index contributed by atoms with van der Waals surface area (Å²) in [5, 5.41) is 0.591. The largest absolute Gasteiger partial charge is 0.284 e. The van der Waals surface area contributed by atoms with Crippen LogP contribution in [0.15, 0.2) is 72.8 Å². The van der Waals surface area contributed by atoms with Gasteiger partial charge in [0.15, 0.2) is 15.0 Å². The second kappa shape index (κ2) is 9.85. The number of nitrogens with zero attached hydrogens (tertiary/aromatic N) is 2. The van der Waals surface area contributed by atoms with Crippen LogP contribution in [0.4, 0.5) is 5.13 Å². The van der Waals surface area contributed by atoms with Gasteiger partial charge in [0.2, 0.25) is 5.91 Å². The molecule has 0 unspecified atom stereocenters. The number of anilines is 1. The standard InChI is InChI=1S/C26H26N2O3S2/c1-19-13-14-23-25(20(19)2)27-26(32-23)28(17-21-9-5-3-6-10-21)24(29)15-16-33(30,31)18-22-11-7-4-8-12-22/h3-14H,15-18H2,1-2H3. The number of fused-ring (bicyclic) bond motifs is 1. The van der Waals surface area contributed by atoms with Crippen LogP contribution in [0.5, 0.6) is 0 Å². The van der Waals surface area contributed by atoms with Gasteiger partial charge in [-0.15, -0.1) is 0 Å². The van der Waals surface area contributed by atoms with Crippen LogP contribution >= 0.6 is 11.3 Å². The summed E-state index contributed by atoms with van der Waals surface area (Å²) >= 11 is 1.46. The first-order chi connectivity index (χ1) is 15.8. The van der Waals surface area contributed by atoms with E-state index >= 15 is 0 Å². The number of amides is 1. The van der Waals surface area contributed by atoms with Crippen LogP contribution in [0.2, 0.25) is 0 Å². The van der Waals surface area contributed by atoms with Crippen LogP contribution in [0.25, 0.3) is 10.2 Å². The quantitative estimate of drug-likeness (QED) is 0.338. The predicted molar refractivity (Wildman–Crippen MR) is 135 cm³/mol. The van der Waals surface area contributed by atoms with Gasteiger partial charge in [0.05, 0.1) is 28.3 Å². The average Bonchev–Trinajstić information content (AvgIpc) is 3.24. The number of hydrogen-bond acceptors (Lipinski definition) is 5. The Morgan fingerprint density at radius 2 is 1.55 bits per heavy atom. The minimum Gasteiger partial charge on any atom is -0.284 e. The summed E-state index contributed by atoms with van der Waals surface area (Å²) in [7, 11) is -3.42. The second-order valence-corrected chi connectivity index (χ2v) is 11.3. The molecule has 170 valence electrons. The molecule has 3 aromatic carbocycles. The van der Waals surface area contributed by atoms with E-state index in [9.17, 15) is 13.2 Å². The Morgan fingerprint density at radius 3 is 2.21 bits per heavy atom. The highest BCUT2D eigenvalue weighted by atomic mass is 32.2. The van der Waals surface area contributed by atoms with E-state index in [-0.39, 0.29) is 23.8 Å². The summed E-state index contributed by atoms with van der Waals surface area (Å²) in [6.45, 7) is 4.41. The van der Waals surface area contributed by atoms with E-state index in [4.69, 9.17) is 4.98 Å². The Labute approximate surface area is 198 Å². The summed E-state index contributed by atoms with van der Waals surface area (Å²) < 4.78 is 26.3. The predicted octanol–water partition coefficient (Wildman–Crippen LogP) is 5.45. The summed E-state index contributed by atoms with van der Waals surface area (Å²) in [5.74, 6) is -0.516.